The van der Waals surface area contributed by atoms with Crippen molar-refractivity contribution in [3.63, 3.8) is 0 Å². The molecule has 7 nitrogen and oxygen atoms in total. The molecule has 0 radical (unpaired) electrons. The van der Waals surface area contributed by atoms with E-state index in [0.29, 0.717) is 24.7 Å². The summed E-state index contributed by atoms with van der Waals surface area (Å²) in [6, 6.07) is 5.81. The lowest BCUT2D eigenvalue weighted by Crippen LogP contribution is -2.47. The minimum atomic E-state index is -0.407. The van der Waals surface area contributed by atoms with Crippen LogP contribution in [0.4, 0.5) is 10.1 Å². The van der Waals surface area contributed by atoms with Crippen LogP contribution in [0.2, 0.25) is 0 Å². The Bertz CT molecular complexity index is 677. The predicted molar refractivity (Wildman–Crippen MR) is 99.4 cm³/mol. The first kappa shape index (κ1) is 19.7. The molecule has 2 amide bonds. The highest BCUT2D eigenvalue weighted by Gasteiger charge is 2.27. The number of aliphatic imine (C=N–C) groups is 1. The standard InChI is InChI=1S/C18H26FN5O2/c1-12(2)17(26)24-8-7-15(11-24)23-18(20-3)21-10-16(25)22-14-6-4-5-13(19)9-14/h4-6,9,12,15H,7-8,10-11H2,1-3H3,(H,22,25)(H2,20,21,23). The fourth-order valence-corrected chi connectivity index (χ4v) is 2.77. The first-order chi connectivity index (χ1) is 12.4. The van der Waals surface area contributed by atoms with E-state index >= 15 is 0 Å². The van der Waals surface area contributed by atoms with Crippen LogP contribution in [-0.4, -0.2) is 55.4 Å². The molecule has 0 aromatic heterocycles. The van der Waals surface area contributed by atoms with Gasteiger partial charge in [-0.2, -0.15) is 0 Å². The van der Waals surface area contributed by atoms with Crippen LogP contribution in [-0.2, 0) is 9.59 Å². The second-order valence-corrected chi connectivity index (χ2v) is 6.55. The lowest BCUT2D eigenvalue weighted by Gasteiger charge is -2.20. The number of halogens is 1. The number of rotatable bonds is 5. The molecule has 1 aromatic rings. The number of nitrogens with zero attached hydrogens (tertiary/aromatic N) is 2. The number of benzene rings is 1. The van der Waals surface area contributed by atoms with Crippen molar-refractivity contribution in [2.45, 2.75) is 26.3 Å². The van der Waals surface area contributed by atoms with Crippen LogP contribution >= 0.6 is 0 Å². The average molecular weight is 363 g/mol. The van der Waals surface area contributed by atoms with Crippen LogP contribution in [0.1, 0.15) is 20.3 Å². The van der Waals surface area contributed by atoms with E-state index in [1.165, 1.54) is 18.2 Å². The molecule has 142 valence electrons. The highest BCUT2D eigenvalue weighted by Crippen LogP contribution is 2.12. The number of nitrogens with one attached hydrogen (secondary N) is 3. The van der Waals surface area contributed by atoms with E-state index in [1.54, 1.807) is 13.1 Å². The van der Waals surface area contributed by atoms with Crippen molar-refractivity contribution in [1.29, 1.82) is 0 Å². The molecule has 1 aromatic carbocycles. The highest BCUT2D eigenvalue weighted by atomic mass is 19.1. The van der Waals surface area contributed by atoms with Crippen molar-refractivity contribution >= 4 is 23.5 Å². The first-order valence-corrected chi connectivity index (χ1v) is 8.70. The van der Waals surface area contributed by atoms with Crippen molar-refractivity contribution in [2.75, 3.05) is 32.0 Å². The van der Waals surface area contributed by atoms with Gasteiger partial charge in [-0.3, -0.25) is 14.6 Å². The molecular weight excluding hydrogens is 337 g/mol. The summed E-state index contributed by atoms with van der Waals surface area (Å²) in [7, 11) is 1.62. The Hall–Kier alpha value is -2.64. The van der Waals surface area contributed by atoms with Gasteiger partial charge in [-0.15, -0.1) is 0 Å². The Labute approximate surface area is 153 Å². The number of hydrogen-bond acceptors (Lipinski definition) is 3. The minimum absolute atomic E-state index is 0.00243. The maximum atomic E-state index is 13.1. The molecule has 0 aliphatic carbocycles. The quantitative estimate of drug-likeness (QED) is 0.542. The molecule has 0 bridgehead atoms. The zero-order valence-electron chi connectivity index (χ0n) is 15.4. The molecule has 1 aliphatic rings. The maximum absolute atomic E-state index is 13.1. The second kappa shape index (κ2) is 9.17. The van der Waals surface area contributed by atoms with E-state index in [0.717, 1.165) is 6.42 Å². The predicted octanol–water partition coefficient (Wildman–Crippen LogP) is 1.19. The zero-order valence-corrected chi connectivity index (χ0v) is 15.4. The molecule has 8 heteroatoms. The molecule has 1 aliphatic heterocycles. The average Bonchev–Trinajstić information content (AvgIpc) is 3.06. The summed E-state index contributed by atoms with van der Waals surface area (Å²) >= 11 is 0. The summed E-state index contributed by atoms with van der Waals surface area (Å²) in [5.74, 6) is -0.0933. The lowest BCUT2D eigenvalue weighted by molar-refractivity contribution is -0.133. The molecule has 0 saturated carbocycles. The molecule has 0 spiro atoms. The van der Waals surface area contributed by atoms with Gasteiger partial charge in [0.25, 0.3) is 0 Å². The van der Waals surface area contributed by atoms with Gasteiger partial charge in [0.05, 0.1) is 6.54 Å². The van der Waals surface area contributed by atoms with Crippen LogP contribution in [0, 0.1) is 11.7 Å². The molecular formula is C18H26FN5O2. The van der Waals surface area contributed by atoms with Gasteiger partial charge in [0.1, 0.15) is 5.82 Å². The van der Waals surface area contributed by atoms with Crippen molar-refractivity contribution in [1.82, 2.24) is 15.5 Å². The third kappa shape index (κ3) is 5.72. The van der Waals surface area contributed by atoms with Gasteiger partial charge >= 0.3 is 0 Å². The Morgan fingerprint density at radius 3 is 2.81 bits per heavy atom. The number of guanidine groups is 1. The van der Waals surface area contributed by atoms with E-state index in [2.05, 4.69) is 20.9 Å². The Kier molecular flexibility index (Phi) is 6.94. The molecule has 2 rings (SSSR count). The number of hydrogen-bond donors (Lipinski definition) is 3. The normalized spacial score (nSPS) is 17.3. The molecule has 1 saturated heterocycles. The van der Waals surface area contributed by atoms with Gasteiger partial charge < -0.3 is 20.9 Å². The van der Waals surface area contributed by atoms with Crippen molar-refractivity contribution in [3.05, 3.63) is 30.1 Å². The molecule has 1 fully saturated rings. The van der Waals surface area contributed by atoms with E-state index < -0.39 is 5.82 Å². The number of amides is 2. The summed E-state index contributed by atoms with van der Waals surface area (Å²) in [6.07, 6.45) is 0.828. The molecule has 26 heavy (non-hydrogen) atoms. The summed E-state index contributed by atoms with van der Waals surface area (Å²) in [4.78, 5) is 29.9. The van der Waals surface area contributed by atoms with Crippen molar-refractivity contribution in [3.8, 4) is 0 Å². The van der Waals surface area contributed by atoms with Gasteiger partial charge in [-0.1, -0.05) is 19.9 Å². The topological polar surface area (TPSA) is 85.8 Å². The zero-order chi connectivity index (χ0) is 19.1. The summed E-state index contributed by atoms with van der Waals surface area (Å²) in [5, 5.41) is 8.76. The fourth-order valence-electron chi connectivity index (χ4n) is 2.77. The van der Waals surface area contributed by atoms with Crippen LogP contribution in [0.5, 0.6) is 0 Å². The van der Waals surface area contributed by atoms with Crippen LogP contribution in [0.25, 0.3) is 0 Å². The monoisotopic (exact) mass is 363 g/mol. The SMILES string of the molecule is CN=C(NCC(=O)Nc1cccc(F)c1)NC1CCN(C(=O)C(C)C)C1. The van der Waals surface area contributed by atoms with Crippen LogP contribution in [0.15, 0.2) is 29.3 Å². The van der Waals surface area contributed by atoms with Gasteiger partial charge in [-0.25, -0.2) is 4.39 Å². The van der Waals surface area contributed by atoms with E-state index in [4.69, 9.17) is 0 Å². The van der Waals surface area contributed by atoms with E-state index in [9.17, 15) is 14.0 Å². The summed E-state index contributed by atoms with van der Waals surface area (Å²) < 4.78 is 13.1. The van der Waals surface area contributed by atoms with Gasteiger partial charge in [-0.05, 0) is 24.6 Å². The number of carbonyl (C=O) groups is 2. The third-order valence-corrected chi connectivity index (χ3v) is 4.08. The van der Waals surface area contributed by atoms with Crippen LogP contribution < -0.4 is 16.0 Å². The molecule has 1 atom stereocenters. The molecule has 3 N–H and O–H groups in total. The first-order valence-electron chi connectivity index (χ1n) is 8.70. The van der Waals surface area contributed by atoms with E-state index in [1.807, 2.05) is 18.7 Å². The largest absolute Gasteiger partial charge is 0.352 e. The van der Waals surface area contributed by atoms with Gasteiger partial charge in [0.2, 0.25) is 11.8 Å². The lowest BCUT2D eigenvalue weighted by atomic mass is 10.2. The highest BCUT2D eigenvalue weighted by molar-refractivity contribution is 5.95. The Morgan fingerprint density at radius 2 is 2.15 bits per heavy atom. The minimum Gasteiger partial charge on any atom is -0.352 e. The fraction of sp³-hybridized carbons (Fsp3) is 0.500. The van der Waals surface area contributed by atoms with Crippen molar-refractivity contribution < 1.29 is 14.0 Å². The van der Waals surface area contributed by atoms with Gasteiger partial charge in [0, 0.05) is 37.8 Å². The second-order valence-electron chi connectivity index (χ2n) is 6.55. The van der Waals surface area contributed by atoms with Crippen LogP contribution in [0.3, 0.4) is 0 Å². The number of likely N-dealkylation sites (tertiary alicyclic amines) is 1. The maximum Gasteiger partial charge on any atom is 0.243 e. The molecule has 1 unspecified atom stereocenters. The number of anilines is 1. The summed E-state index contributed by atoms with van der Waals surface area (Å²) in [6.45, 7) is 5.11. The van der Waals surface area contributed by atoms with Gasteiger partial charge in [0.15, 0.2) is 5.96 Å². The third-order valence-electron chi connectivity index (χ3n) is 4.08. The Morgan fingerprint density at radius 1 is 1.38 bits per heavy atom. The smallest absolute Gasteiger partial charge is 0.243 e. The summed E-state index contributed by atoms with van der Waals surface area (Å²) in [5.41, 5.74) is 0.401. The molecule has 1 heterocycles. The Balaban J connectivity index is 1.77. The van der Waals surface area contributed by atoms with Crippen molar-refractivity contribution in [2.24, 2.45) is 10.9 Å². The van der Waals surface area contributed by atoms with E-state index in [-0.39, 0.29) is 30.3 Å². The number of carbonyl (C=O) groups excluding carboxylic acids is 2.